The molecule has 0 aliphatic carbocycles. The lowest BCUT2D eigenvalue weighted by atomic mass is 10.1. The highest BCUT2D eigenvalue weighted by Crippen LogP contribution is 2.29. The minimum atomic E-state index is -0.463. The Morgan fingerprint density at radius 2 is 2.10 bits per heavy atom. The van der Waals surface area contributed by atoms with Crippen LogP contribution in [0.2, 0.25) is 0 Å². The van der Waals surface area contributed by atoms with Crippen molar-refractivity contribution in [2.75, 3.05) is 6.61 Å². The second kappa shape index (κ2) is 5.05. The maximum Gasteiger partial charge on any atom is 0.262 e. The first-order chi connectivity index (χ1) is 9.65. The molecule has 1 fully saturated rings. The van der Waals surface area contributed by atoms with Crippen LogP contribution in [-0.4, -0.2) is 21.7 Å². The zero-order valence-corrected chi connectivity index (χ0v) is 10.6. The number of H-pyrrole nitrogens is 1. The van der Waals surface area contributed by atoms with Crippen molar-refractivity contribution in [3.8, 4) is 17.0 Å². The van der Waals surface area contributed by atoms with Gasteiger partial charge in [0.2, 0.25) is 5.88 Å². The highest BCUT2D eigenvalue weighted by atomic mass is 19.1. The highest BCUT2D eigenvalue weighted by molar-refractivity contribution is 5.67. The van der Waals surface area contributed by atoms with Crippen LogP contribution in [0.3, 0.4) is 0 Å². The molecule has 104 valence electrons. The quantitative estimate of drug-likeness (QED) is 0.881. The lowest BCUT2D eigenvalue weighted by Gasteiger charge is -2.10. The van der Waals surface area contributed by atoms with E-state index in [0.717, 1.165) is 12.8 Å². The van der Waals surface area contributed by atoms with Gasteiger partial charge in [-0.15, -0.1) is 0 Å². The van der Waals surface area contributed by atoms with Gasteiger partial charge in [-0.3, -0.25) is 4.79 Å². The summed E-state index contributed by atoms with van der Waals surface area (Å²) in [6.45, 7) is 0.620. The highest BCUT2D eigenvalue weighted by Gasteiger charge is 2.22. The minimum Gasteiger partial charge on any atom is -0.493 e. The summed E-state index contributed by atoms with van der Waals surface area (Å²) >= 11 is 0. The molecule has 1 aliphatic heterocycles. The summed E-state index contributed by atoms with van der Waals surface area (Å²) in [6.07, 6.45) is 1.38. The van der Waals surface area contributed by atoms with Crippen molar-refractivity contribution >= 4 is 0 Å². The van der Waals surface area contributed by atoms with Gasteiger partial charge in [0, 0.05) is 6.61 Å². The number of aromatic amines is 1. The number of benzene rings is 1. The Morgan fingerprint density at radius 3 is 2.70 bits per heavy atom. The average Bonchev–Trinajstić information content (AvgIpc) is 2.94. The number of hydrogen-bond acceptors (Lipinski definition) is 4. The molecule has 0 radical (unpaired) electrons. The van der Waals surface area contributed by atoms with Crippen molar-refractivity contribution < 1.29 is 14.2 Å². The van der Waals surface area contributed by atoms with E-state index in [-0.39, 0.29) is 17.5 Å². The second-order valence-corrected chi connectivity index (χ2v) is 4.66. The molecule has 0 amide bonds. The van der Waals surface area contributed by atoms with E-state index >= 15 is 0 Å². The molecule has 20 heavy (non-hydrogen) atoms. The van der Waals surface area contributed by atoms with Gasteiger partial charge in [-0.25, -0.2) is 4.39 Å². The molecule has 1 aliphatic rings. The van der Waals surface area contributed by atoms with Crippen LogP contribution in [0.5, 0.6) is 5.88 Å². The molecule has 5 nitrogen and oxygen atoms in total. The van der Waals surface area contributed by atoms with Crippen LogP contribution in [0.1, 0.15) is 24.8 Å². The molecule has 1 aromatic heterocycles. The van der Waals surface area contributed by atoms with Gasteiger partial charge < -0.3 is 14.8 Å². The standard InChI is InChI=1S/C14H13FN2O3/c15-9-5-3-8(4-6-9)11-13(18)16-12(17-14(11)19)10-2-1-7-20-10/h3-6,10H,1-2,7H2,(H2,16,17,18,19). The number of nitrogens with one attached hydrogen (secondary N) is 1. The van der Waals surface area contributed by atoms with Gasteiger partial charge in [-0.1, -0.05) is 12.1 Å². The molecule has 2 N–H and O–H groups in total. The number of aromatic nitrogens is 2. The lowest BCUT2D eigenvalue weighted by molar-refractivity contribution is 0.104. The Bertz CT molecular complexity index is 676. The molecule has 6 heteroatoms. The van der Waals surface area contributed by atoms with Crippen LogP contribution in [0, 0.1) is 5.82 Å². The first-order valence-corrected chi connectivity index (χ1v) is 6.36. The van der Waals surface area contributed by atoms with Crippen LogP contribution in [0.25, 0.3) is 11.1 Å². The second-order valence-electron chi connectivity index (χ2n) is 4.66. The van der Waals surface area contributed by atoms with Gasteiger partial charge in [-0.05, 0) is 30.5 Å². The summed E-state index contributed by atoms with van der Waals surface area (Å²) in [5, 5.41) is 9.97. The Hall–Kier alpha value is -2.21. The van der Waals surface area contributed by atoms with Crippen LogP contribution in [0.15, 0.2) is 29.1 Å². The number of halogens is 1. The van der Waals surface area contributed by atoms with Crippen molar-refractivity contribution in [2.45, 2.75) is 18.9 Å². The topological polar surface area (TPSA) is 75.2 Å². The number of rotatable bonds is 2. The van der Waals surface area contributed by atoms with Crippen LogP contribution < -0.4 is 5.56 Å². The zero-order chi connectivity index (χ0) is 14.1. The Kier molecular flexibility index (Phi) is 3.23. The van der Waals surface area contributed by atoms with E-state index in [0.29, 0.717) is 18.0 Å². The normalized spacial score (nSPS) is 18.4. The van der Waals surface area contributed by atoms with E-state index in [1.165, 1.54) is 24.3 Å². The first kappa shape index (κ1) is 12.8. The van der Waals surface area contributed by atoms with E-state index < -0.39 is 11.4 Å². The predicted octanol–water partition coefficient (Wildman–Crippen LogP) is 2.13. The largest absolute Gasteiger partial charge is 0.493 e. The summed E-state index contributed by atoms with van der Waals surface area (Å²) < 4.78 is 18.3. The molecule has 3 rings (SSSR count). The Balaban J connectivity index is 2.04. The zero-order valence-electron chi connectivity index (χ0n) is 10.6. The molecule has 0 saturated carbocycles. The molecule has 0 spiro atoms. The third kappa shape index (κ3) is 2.30. The molecular weight excluding hydrogens is 263 g/mol. The van der Waals surface area contributed by atoms with Crippen molar-refractivity contribution in [3.63, 3.8) is 0 Å². The van der Waals surface area contributed by atoms with Gasteiger partial charge in [0.15, 0.2) is 0 Å². The Labute approximate surface area is 114 Å². The van der Waals surface area contributed by atoms with Crippen LogP contribution in [-0.2, 0) is 4.74 Å². The fourth-order valence-corrected chi connectivity index (χ4v) is 2.30. The molecule has 1 atom stereocenters. The summed E-state index contributed by atoms with van der Waals surface area (Å²) in [4.78, 5) is 18.7. The first-order valence-electron chi connectivity index (χ1n) is 6.36. The molecule has 2 heterocycles. The molecule has 1 saturated heterocycles. The van der Waals surface area contributed by atoms with E-state index in [2.05, 4.69) is 9.97 Å². The van der Waals surface area contributed by atoms with Crippen molar-refractivity contribution in [3.05, 3.63) is 46.3 Å². The summed E-state index contributed by atoms with van der Waals surface area (Å²) in [7, 11) is 0. The summed E-state index contributed by atoms with van der Waals surface area (Å²) in [5.74, 6) is -0.449. The van der Waals surface area contributed by atoms with E-state index in [4.69, 9.17) is 4.74 Å². The maximum absolute atomic E-state index is 12.9. The molecule has 0 bridgehead atoms. The fourth-order valence-electron chi connectivity index (χ4n) is 2.30. The van der Waals surface area contributed by atoms with E-state index in [1.54, 1.807) is 0 Å². The summed E-state index contributed by atoms with van der Waals surface area (Å²) in [5.41, 5.74) is -0.0158. The van der Waals surface area contributed by atoms with Crippen molar-refractivity contribution in [2.24, 2.45) is 0 Å². The monoisotopic (exact) mass is 276 g/mol. The number of aromatic hydroxyl groups is 1. The third-order valence-corrected chi connectivity index (χ3v) is 3.29. The van der Waals surface area contributed by atoms with Crippen LogP contribution in [0.4, 0.5) is 4.39 Å². The van der Waals surface area contributed by atoms with E-state index in [1.807, 2.05) is 0 Å². The fraction of sp³-hybridized carbons (Fsp3) is 0.286. The maximum atomic E-state index is 12.9. The SMILES string of the molecule is O=c1[nH]c(C2CCCO2)nc(O)c1-c1ccc(F)cc1. The van der Waals surface area contributed by atoms with Crippen LogP contribution >= 0.6 is 0 Å². The van der Waals surface area contributed by atoms with Gasteiger partial charge >= 0.3 is 0 Å². The van der Waals surface area contributed by atoms with Gasteiger partial charge in [0.1, 0.15) is 23.3 Å². The van der Waals surface area contributed by atoms with Gasteiger partial charge in [0.25, 0.3) is 5.56 Å². The van der Waals surface area contributed by atoms with Gasteiger partial charge in [0.05, 0.1) is 0 Å². The molecule has 2 aromatic rings. The van der Waals surface area contributed by atoms with Gasteiger partial charge in [-0.2, -0.15) is 4.98 Å². The Morgan fingerprint density at radius 1 is 1.35 bits per heavy atom. The minimum absolute atomic E-state index is 0.0340. The predicted molar refractivity (Wildman–Crippen MR) is 69.8 cm³/mol. The van der Waals surface area contributed by atoms with Crippen molar-refractivity contribution in [1.29, 1.82) is 0 Å². The molecule has 1 unspecified atom stereocenters. The smallest absolute Gasteiger partial charge is 0.262 e. The number of hydrogen-bond donors (Lipinski definition) is 2. The molecule has 1 aromatic carbocycles. The lowest BCUT2D eigenvalue weighted by Crippen LogP contribution is -2.16. The summed E-state index contributed by atoms with van der Waals surface area (Å²) in [6, 6.07) is 5.30. The third-order valence-electron chi connectivity index (χ3n) is 3.29. The molecular formula is C14H13FN2O3. The number of nitrogens with zero attached hydrogens (tertiary/aromatic N) is 1. The number of ether oxygens (including phenoxy) is 1. The van der Waals surface area contributed by atoms with Crippen molar-refractivity contribution in [1.82, 2.24) is 9.97 Å². The van der Waals surface area contributed by atoms with E-state index in [9.17, 15) is 14.3 Å². The average molecular weight is 276 g/mol.